The van der Waals surface area contributed by atoms with Crippen molar-refractivity contribution in [2.75, 3.05) is 19.6 Å². The van der Waals surface area contributed by atoms with Crippen molar-refractivity contribution in [3.8, 4) is 0 Å². The largest absolute Gasteiger partial charge is 0.275 e. The molecule has 3 nitrogen and oxygen atoms in total. The summed E-state index contributed by atoms with van der Waals surface area (Å²) in [5, 5.41) is 4.13. The first-order chi connectivity index (χ1) is 8.21. The first-order valence-electron chi connectivity index (χ1n) is 6.30. The zero-order chi connectivity index (χ0) is 11.9. The topological polar surface area (TPSA) is 23.6 Å². The number of hydrogen-bond acceptors (Lipinski definition) is 2. The lowest BCUT2D eigenvalue weighted by atomic mass is 9.71. The molecule has 0 spiro atoms. The number of benzene rings is 1. The Morgan fingerprint density at radius 2 is 1.82 bits per heavy atom. The van der Waals surface area contributed by atoms with Crippen molar-refractivity contribution in [3.63, 3.8) is 0 Å². The van der Waals surface area contributed by atoms with Crippen molar-refractivity contribution in [2.24, 2.45) is 0 Å². The third kappa shape index (κ3) is 1.65. The molecule has 0 radical (unpaired) electrons. The number of carbonyl (C=O) groups excluding carboxylic acids is 1. The van der Waals surface area contributed by atoms with Crippen LogP contribution in [0.5, 0.6) is 0 Å². The second-order valence-corrected chi connectivity index (χ2v) is 5.18. The van der Waals surface area contributed by atoms with Gasteiger partial charge in [0.2, 0.25) is 5.91 Å². The molecule has 3 fully saturated rings. The van der Waals surface area contributed by atoms with Crippen LogP contribution in [0, 0.1) is 0 Å². The van der Waals surface area contributed by atoms with Crippen molar-refractivity contribution in [2.45, 2.75) is 25.2 Å². The summed E-state index contributed by atoms with van der Waals surface area (Å²) in [6, 6.07) is 10.7. The lowest BCUT2D eigenvalue weighted by molar-refractivity contribution is -0.167. The van der Waals surface area contributed by atoms with Crippen LogP contribution in [0.1, 0.15) is 25.3 Å². The summed E-state index contributed by atoms with van der Waals surface area (Å²) < 4.78 is 0. The molecule has 3 heterocycles. The zero-order valence-corrected chi connectivity index (χ0v) is 10.2. The normalized spacial score (nSPS) is 31.6. The number of carbonyl (C=O) groups is 1. The third-order valence-corrected chi connectivity index (χ3v) is 4.24. The van der Waals surface area contributed by atoms with Crippen molar-refractivity contribution in [3.05, 3.63) is 35.9 Å². The van der Waals surface area contributed by atoms with E-state index in [9.17, 15) is 4.79 Å². The van der Waals surface area contributed by atoms with E-state index in [1.165, 1.54) is 18.4 Å². The van der Waals surface area contributed by atoms with E-state index in [4.69, 9.17) is 0 Å². The van der Waals surface area contributed by atoms with E-state index >= 15 is 0 Å². The average Bonchev–Trinajstić information content (AvgIpc) is 2.41. The summed E-state index contributed by atoms with van der Waals surface area (Å²) in [5.74, 6) is 0.171. The van der Waals surface area contributed by atoms with Gasteiger partial charge in [-0.25, -0.2) is 5.01 Å². The molecule has 0 aliphatic carbocycles. The first-order valence-corrected chi connectivity index (χ1v) is 6.30. The van der Waals surface area contributed by atoms with Gasteiger partial charge in [-0.2, -0.15) is 0 Å². The summed E-state index contributed by atoms with van der Waals surface area (Å²) in [6.07, 6.45) is 2.33. The predicted molar refractivity (Wildman–Crippen MR) is 66.3 cm³/mol. The number of piperidine rings is 1. The molecule has 3 saturated heterocycles. The van der Waals surface area contributed by atoms with Crippen LogP contribution in [0.15, 0.2) is 30.3 Å². The number of hydrazine groups is 1. The Hall–Kier alpha value is -1.35. The van der Waals surface area contributed by atoms with Gasteiger partial charge in [0.15, 0.2) is 0 Å². The van der Waals surface area contributed by atoms with Crippen LogP contribution in [0.2, 0.25) is 0 Å². The molecule has 0 atom stereocenters. The van der Waals surface area contributed by atoms with E-state index in [0.29, 0.717) is 0 Å². The first kappa shape index (κ1) is 10.8. The quantitative estimate of drug-likeness (QED) is 0.734. The number of fused-ring (bicyclic) bond motifs is 3. The van der Waals surface area contributed by atoms with Crippen LogP contribution < -0.4 is 0 Å². The molecule has 0 unspecified atom stereocenters. The summed E-state index contributed by atoms with van der Waals surface area (Å²) in [5.41, 5.74) is 1.59. The monoisotopic (exact) mass is 230 g/mol. The molecule has 1 amide bonds. The van der Waals surface area contributed by atoms with E-state index in [-0.39, 0.29) is 11.3 Å². The molecule has 0 N–H and O–H groups in total. The minimum absolute atomic E-state index is 0.171. The molecular formula is C14H18N2O. The lowest BCUT2D eigenvalue weighted by Gasteiger charge is -2.54. The van der Waals surface area contributed by atoms with Crippen LogP contribution in [-0.4, -0.2) is 35.6 Å². The van der Waals surface area contributed by atoms with E-state index < -0.39 is 0 Å². The van der Waals surface area contributed by atoms with Crippen LogP contribution in [-0.2, 0) is 10.2 Å². The van der Waals surface area contributed by atoms with Crippen molar-refractivity contribution in [1.29, 1.82) is 0 Å². The molecule has 90 valence electrons. The zero-order valence-electron chi connectivity index (χ0n) is 10.2. The van der Waals surface area contributed by atoms with Gasteiger partial charge in [0, 0.05) is 32.0 Å². The minimum atomic E-state index is 0.171. The second-order valence-electron chi connectivity index (χ2n) is 5.18. The van der Waals surface area contributed by atoms with Crippen LogP contribution in [0.4, 0.5) is 0 Å². The highest BCUT2D eigenvalue weighted by molar-refractivity contribution is 5.73. The summed E-state index contributed by atoms with van der Waals surface area (Å²) >= 11 is 0. The molecule has 2 bridgehead atoms. The van der Waals surface area contributed by atoms with Crippen molar-refractivity contribution >= 4 is 5.91 Å². The molecule has 4 rings (SSSR count). The molecular weight excluding hydrogens is 212 g/mol. The smallest absolute Gasteiger partial charge is 0.233 e. The summed E-state index contributed by atoms with van der Waals surface area (Å²) in [7, 11) is 0. The number of amides is 1. The van der Waals surface area contributed by atoms with Gasteiger partial charge in [0.1, 0.15) is 0 Å². The van der Waals surface area contributed by atoms with Gasteiger partial charge in [-0.3, -0.25) is 9.80 Å². The molecule has 3 aliphatic heterocycles. The molecule has 17 heavy (non-hydrogen) atoms. The average molecular weight is 230 g/mol. The molecule has 0 aromatic heterocycles. The Morgan fingerprint density at radius 1 is 1.18 bits per heavy atom. The highest BCUT2D eigenvalue weighted by Gasteiger charge is 2.45. The number of rotatable bonds is 1. The van der Waals surface area contributed by atoms with Crippen LogP contribution in [0.25, 0.3) is 0 Å². The van der Waals surface area contributed by atoms with Crippen molar-refractivity contribution in [1.82, 2.24) is 10.0 Å². The Balaban J connectivity index is 1.95. The molecule has 0 saturated carbocycles. The van der Waals surface area contributed by atoms with Gasteiger partial charge in [-0.15, -0.1) is 0 Å². The molecule has 3 heteroatoms. The lowest BCUT2D eigenvalue weighted by Crippen LogP contribution is -2.63. The maximum Gasteiger partial charge on any atom is 0.233 e. The highest BCUT2D eigenvalue weighted by atomic mass is 16.2. The van der Waals surface area contributed by atoms with Crippen LogP contribution in [0.3, 0.4) is 0 Å². The van der Waals surface area contributed by atoms with Crippen molar-refractivity contribution < 1.29 is 4.79 Å². The summed E-state index contributed by atoms with van der Waals surface area (Å²) in [6.45, 7) is 4.54. The van der Waals surface area contributed by atoms with Gasteiger partial charge in [-0.05, 0) is 18.4 Å². The van der Waals surface area contributed by atoms with Crippen LogP contribution >= 0.6 is 0 Å². The molecule has 3 aliphatic rings. The molecule has 1 aromatic carbocycles. The Bertz CT molecular complexity index is 421. The highest BCUT2D eigenvalue weighted by Crippen LogP contribution is 2.41. The fourth-order valence-electron chi connectivity index (χ4n) is 3.19. The molecule has 1 aromatic rings. The Morgan fingerprint density at radius 3 is 2.41 bits per heavy atom. The minimum Gasteiger partial charge on any atom is -0.275 e. The van der Waals surface area contributed by atoms with Gasteiger partial charge >= 0.3 is 0 Å². The van der Waals surface area contributed by atoms with Gasteiger partial charge < -0.3 is 0 Å². The number of hydrogen-bond donors (Lipinski definition) is 0. The summed E-state index contributed by atoms with van der Waals surface area (Å²) in [4.78, 5) is 11.6. The SMILES string of the molecule is CC(=O)N1CC2(c3ccccc3)CCN1CC2. The second kappa shape index (κ2) is 3.84. The fraction of sp³-hybridized carbons (Fsp3) is 0.500. The van der Waals surface area contributed by atoms with E-state index in [2.05, 4.69) is 35.3 Å². The Labute approximate surface area is 102 Å². The maximum absolute atomic E-state index is 11.6. The Kier molecular flexibility index (Phi) is 2.44. The maximum atomic E-state index is 11.6. The fourth-order valence-corrected chi connectivity index (χ4v) is 3.19. The van der Waals surface area contributed by atoms with E-state index in [1.54, 1.807) is 6.92 Å². The van der Waals surface area contributed by atoms with E-state index in [0.717, 1.165) is 19.6 Å². The van der Waals surface area contributed by atoms with Gasteiger partial charge in [0.25, 0.3) is 0 Å². The predicted octanol–water partition coefficient (Wildman–Crippen LogP) is 1.80. The third-order valence-electron chi connectivity index (χ3n) is 4.24. The number of nitrogens with zero attached hydrogens (tertiary/aromatic N) is 2. The van der Waals surface area contributed by atoms with E-state index in [1.807, 2.05) is 5.01 Å². The van der Waals surface area contributed by atoms with Gasteiger partial charge in [-0.1, -0.05) is 30.3 Å². The standard InChI is InChI=1S/C14H18N2O/c1-12(17)16-11-14(7-9-15(16)10-8-14)13-5-3-2-4-6-13/h2-6H,7-11H2,1H3. The van der Waals surface area contributed by atoms with Gasteiger partial charge in [0.05, 0.1) is 0 Å².